The highest BCUT2D eigenvalue weighted by Gasteiger charge is 2.17. The number of halogens is 2. The first-order chi connectivity index (χ1) is 9.15. The zero-order valence-corrected chi connectivity index (χ0v) is 11.3. The monoisotopic (exact) mass is 283 g/mol. The number of H-pyrrole nitrogens is 1. The van der Waals surface area contributed by atoms with Crippen LogP contribution < -0.4 is 5.73 Å². The summed E-state index contributed by atoms with van der Waals surface area (Å²) in [6, 6.07) is 4.81. The number of aromatic amines is 1. The molecule has 0 aliphatic rings. The van der Waals surface area contributed by atoms with Crippen molar-refractivity contribution >= 4 is 17.4 Å². The summed E-state index contributed by atoms with van der Waals surface area (Å²) >= 11 is 5.79. The van der Waals surface area contributed by atoms with Gasteiger partial charge < -0.3 is 10.5 Å². The molecule has 2 aromatic rings. The van der Waals surface area contributed by atoms with E-state index >= 15 is 0 Å². The number of hydrogen-bond acceptors (Lipinski definition) is 3. The van der Waals surface area contributed by atoms with Crippen LogP contribution in [-0.2, 0) is 11.2 Å². The average molecular weight is 284 g/mol. The molecule has 0 unspecified atom stereocenters. The number of nitrogen functional groups attached to an aromatic ring is 1. The highest BCUT2D eigenvalue weighted by Crippen LogP contribution is 2.33. The fourth-order valence-corrected chi connectivity index (χ4v) is 2.07. The van der Waals surface area contributed by atoms with Crippen molar-refractivity contribution in [1.82, 2.24) is 10.2 Å². The lowest BCUT2D eigenvalue weighted by atomic mass is 10.0. The predicted molar refractivity (Wildman–Crippen MR) is 73.6 cm³/mol. The van der Waals surface area contributed by atoms with Crippen LogP contribution in [0.4, 0.5) is 10.2 Å². The van der Waals surface area contributed by atoms with Gasteiger partial charge in [0.2, 0.25) is 0 Å². The molecule has 0 amide bonds. The highest BCUT2D eigenvalue weighted by atomic mass is 35.5. The molecule has 6 heteroatoms. The van der Waals surface area contributed by atoms with Gasteiger partial charge in [0.05, 0.1) is 11.6 Å². The molecule has 0 aliphatic carbocycles. The summed E-state index contributed by atoms with van der Waals surface area (Å²) in [4.78, 5) is 0. The van der Waals surface area contributed by atoms with Gasteiger partial charge in [-0.25, -0.2) is 4.39 Å². The smallest absolute Gasteiger partial charge is 0.153 e. The van der Waals surface area contributed by atoms with Crippen molar-refractivity contribution in [3.8, 4) is 11.1 Å². The molecule has 0 saturated heterocycles. The van der Waals surface area contributed by atoms with Crippen LogP contribution in [0.25, 0.3) is 11.1 Å². The van der Waals surface area contributed by atoms with E-state index in [0.717, 1.165) is 5.69 Å². The SMILES string of the molecule is CCOCCc1[nH]nc(N)c1-c1cccc(Cl)c1F. The molecule has 0 saturated carbocycles. The van der Waals surface area contributed by atoms with Gasteiger partial charge in [0.25, 0.3) is 0 Å². The predicted octanol–water partition coefficient (Wildman–Crippen LogP) is 3.03. The first-order valence-corrected chi connectivity index (χ1v) is 6.37. The maximum Gasteiger partial charge on any atom is 0.153 e. The second-order valence-corrected chi connectivity index (χ2v) is 4.42. The largest absolute Gasteiger partial charge is 0.382 e. The number of anilines is 1. The topological polar surface area (TPSA) is 63.9 Å². The number of nitrogens with two attached hydrogens (primary N) is 1. The summed E-state index contributed by atoms with van der Waals surface area (Å²) < 4.78 is 19.3. The molecule has 0 aliphatic heterocycles. The molecule has 0 bridgehead atoms. The standard InChI is InChI=1S/C13H15ClFN3O/c1-2-19-7-6-10-11(13(16)18-17-10)8-4-3-5-9(14)12(8)15/h3-5H,2,6-7H2,1H3,(H3,16,17,18). The summed E-state index contributed by atoms with van der Waals surface area (Å²) in [6.45, 7) is 3.07. The molecule has 0 radical (unpaired) electrons. The normalized spacial score (nSPS) is 10.9. The lowest BCUT2D eigenvalue weighted by Crippen LogP contribution is -2.00. The molecule has 1 aromatic heterocycles. The Bertz CT molecular complexity index is 571. The molecule has 2 rings (SSSR count). The number of aromatic nitrogens is 2. The van der Waals surface area contributed by atoms with Gasteiger partial charge in [-0.15, -0.1) is 0 Å². The van der Waals surface area contributed by atoms with Crippen LogP contribution in [-0.4, -0.2) is 23.4 Å². The van der Waals surface area contributed by atoms with E-state index in [-0.39, 0.29) is 10.8 Å². The molecule has 4 nitrogen and oxygen atoms in total. The van der Waals surface area contributed by atoms with Gasteiger partial charge in [-0.3, -0.25) is 5.10 Å². The van der Waals surface area contributed by atoms with Gasteiger partial charge in [0.15, 0.2) is 5.82 Å². The van der Waals surface area contributed by atoms with Gasteiger partial charge in [0, 0.05) is 29.8 Å². The Hall–Kier alpha value is -1.59. The minimum Gasteiger partial charge on any atom is -0.382 e. The van der Waals surface area contributed by atoms with Crippen molar-refractivity contribution in [2.75, 3.05) is 18.9 Å². The lowest BCUT2D eigenvalue weighted by molar-refractivity contribution is 0.150. The molecule has 3 N–H and O–H groups in total. The molecule has 102 valence electrons. The van der Waals surface area contributed by atoms with E-state index in [1.807, 2.05) is 6.92 Å². The average Bonchev–Trinajstić information content (AvgIpc) is 2.75. The first-order valence-electron chi connectivity index (χ1n) is 6.00. The number of nitrogens with zero attached hydrogens (tertiary/aromatic N) is 1. The molecular weight excluding hydrogens is 269 g/mol. The third kappa shape index (κ3) is 2.88. The van der Waals surface area contributed by atoms with Crippen LogP contribution in [0.15, 0.2) is 18.2 Å². The van der Waals surface area contributed by atoms with Gasteiger partial charge in [-0.05, 0) is 13.0 Å². The highest BCUT2D eigenvalue weighted by molar-refractivity contribution is 6.31. The Morgan fingerprint density at radius 3 is 3.00 bits per heavy atom. The van der Waals surface area contributed by atoms with E-state index in [1.165, 1.54) is 6.07 Å². The fourth-order valence-electron chi connectivity index (χ4n) is 1.89. The van der Waals surface area contributed by atoms with E-state index in [1.54, 1.807) is 12.1 Å². The van der Waals surface area contributed by atoms with Crippen molar-refractivity contribution < 1.29 is 9.13 Å². The van der Waals surface area contributed by atoms with Crippen molar-refractivity contribution in [2.45, 2.75) is 13.3 Å². The summed E-state index contributed by atoms with van der Waals surface area (Å²) in [5.74, 6) is -0.234. The quantitative estimate of drug-likeness (QED) is 0.829. The lowest BCUT2D eigenvalue weighted by Gasteiger charge is -2.07. The van der Waals surface area contributed by atoms with Gasteiger partial charge >= 0.3 is 0 Å². The van der Waals surface area contributed by atoms with Crippen LogP contribution in [0, 0.1) is 5.82 Å². The summed E-state index contributed by atoms with van der Waals surface area (Å²) in [5, 5.41) is 6.81. The number of rotatable bonds is 5. The van der Waals surface area contributed by atoms with Crippen molar-refractivity contribution in [3.05, 3.63) is 34.7 Å². The summed E-state index contributed by atoms with van der Waals surface area (Å²) in [7, 11) is 0. The van der Waals surface area contributed by atoms with Crippen molar-refractivity contribution in [3.63, 3.8) is 0 Å². The Balaban J connectivity index is 2.38. The number of hydrogen-bond donors (Lipinski definition) is 2. The van der Waals surface area contributed by atoms with Crippen LogP contribution in [0.2, 0.25) is 5.02 Å². The van der Waals surface area contributed by atoms with Crippen LogP contribution in [0.3, 0.4) is 0 Å². The Morgan fingerprint density at radius 1 is 1.47 bits per heavy atom. The van der Waals surface area contributed by atoms with E-state index in [0.29, 0.717) is 30.8 Å². The minimum absolute atomic E-state index is 0.0638. The zero-order chi connectivity index (χ0) is 13.8. The molecule has 0 atom stereocenters. The van der Waals surface area contributed by atoms with Gasteiger partial charge in [-0.1, -0.05) is 23.7 Å². The number of benzene rings is 1. The minimum atomic E-state index is -0.491. The third-order valence-electron chi connectivity index (χ3n) is 2.79. The second-order valence-electron chi connectivity index (χ2n) is 4.01. The maximum atomic E-state index is 14.1. The van der Waals surface area contributed by atoms with E-state index in [4.69, 9.17) is 22.1 Å². The van der Waals surface area contributed by atoms with E-state index in [2.05, 4.69) is 10.2 Å². The number of ether oxygens (including phenoxy) is 1. The fraction of sp³-hybridized carbons (Fsp3) is 0.308. The van der Waals surface area contributed by atoms with E-state index in [9.17, 15) is 4.39 Å². The van der Waals surface area contributed by atoms with Crippen LogP contribution in [0.5, 0.6) is 0 Å². The zero-order valence-electron chi connectivity index (χ0n) is 10.5. The summed E-state index contributed by atoms with van der Waals surface area (Å²) in [5.41, 5.74) is 7.45. The first kappa shape index (κ1) is 13.8. The molecule has 19 heavy (non-hydrogen) atoms. The number of nitrogens with one attached hydrogen (secondary N) is 1. The Labute approximate surface area is 115 Å². The third-order valence-corrected chi connectivity index (χ3v) is 3.08. The molecule has 0 fully saturated rings. The van der Waals surface area contributed by atoms with E-state index < -0.39 is 5.82 Å². The van der Waals surface area contributed by atoms with Crippen LogP contribution in [0.1, 0.15) is 12.6 Å². The Morgan fingerprint density at radius 2 is 2.26 bits per heavy atom. The summed E-state index contributed by atoms with van der Waals surface area (Å²) in [6.07, 6.45) is 0.583. The van der Waals surface area contributed by atoms with Crippen molar-refractivity contribution in [2.24, 2.45) is 0 Å². The van der Waals surface area contributed by atoms with Gasteiger partial charge in [0.1, 0.15) is 5.82 Å². The van der Waals surface area contributed by atoms with Gasteiger partial charge in [-0.2, -0.15) is 5.10 Å². The second kappa shape index (κ2) is 6.04. The molecular formula is C13H15ClFN3O. The molecule has 1 aromatic carbocycles. The molecule has 1 heterocycles. The maximum absolute atomic E-state index is 14.1. The van der Waals surface area contributed by atoms with Crippen molar-refractivity contribution in [1.29, 1.82) is 0 Å². The van der Waals surface area contributed by atoms with Crippen LogP contribution >= 0.6 is 11.6 Å². The Kier molecular flexibility index (Phi) is 4.39. The molecule has 0 spiro atoms.